The number of aryl methyl sites for hydroxylation is 1. The molecule has 1 unspecified atom stereocenters. The minimum absolute atomic E-state index is 0.0561. The van der Waals surface area contributed by atoms with Gasteiger partial charge in [-0.2, -0.15) is 13.2 Å². The second kappa shape index (κ2) is 8.96. The molecule has 2 heterocycles. The molecule has 0 bridgehead atoms. The third-order valence-corrected chi connectivity index (χ3v) is 6.03. The molecular weight excluding hydrogens is 407 g/mol. The molecule has 1 aromatic heterocycles. The molecule has 1 saturated heterocycles. The highest BCUT2D eigenvalue weighted by Gasteiger charge is 2.31. The van der Waals surface area contributed by atoms with Gasteiger partial charge in [0.05, 0.1) is 17.3 Å². The zero-order valence-corrected chi connectivity index (χ0v) is 18.3. The minimum atomic E-state index is -4.35. The Bertz CT molecular complexity index is 973. The van der Waals surface area contributed by atoms with Gasteiger partial charge in [-0.3, -0.25) is 19.4 Å². The van der Waals surface area contributed by atoms with Gasteiger partial charge < -0.3 is 4.98 Å². The van der Waals surface area contributed by atoms with Crippen molar-refractivity contribution >= 4 is 11.6 Å². The van der Waals surface area contributed by atoms with Gasteiger partial charge in [-0.1, -0.05) is 18.2 Å². The Morgan fingerprint density at radius 2 is 1.77 bits per heavy atom. The van der Waals surface area contributed by atoms with Crippen molar-refractivity contribution in [3.8, 4) is 0 Å². The van der Waals surface area contributed by atoms with Crippen LogP contribution in [0.15, 0.2) is 24.3 Å². The number of rotatable bonds is 6. The number of aromatic amines is 1. The summed E-state index contributed by atoms with van der Waals surface area (Å²) < 4.78 is 38.8. The van der Waals surface area contributed by atoms with Gasteiger partial charge in [0.1, 0.15) is 0 Å². The first-order chi connectivity index (χ1) is 14.5. The van der Waals surface area contributed by atoms with Crippen molar-refractivity contribution in [2.45, 2.75) is 46.5 Å². The molecule has 8 heteroatoms. The van der Waals surface area contributed by atoms with E-state index in [1.165, 1.54) is 19.1 Å². The van der Waals surface area contributed by atoms with Gasteiger partial charge in [0.15, 0.2) is 11.6 Å². The third-order valence-electron chi connectivity index (χ3n) is 6.03. The van der Waals surface area contributed by atoms with Crippen molar-refractivity contribution in [3.63, 3.8) is 0 Å². The Labute approximate surface area is 180 Å². The van der Waals surface area contributed by atoms with E-state index < -0.39 is 11.7 Å². The smallest absolute Gasteiger partial charge is 0.355 e. The van der Waals surface area contributed by atoms with E-state index in [1.807, 2.05) is 6.92 Å². The highest BCUT2D eigenvalue weighted by Crippen LogP contribution is 2.30. The quantitative estimate of drug-likeness (QED) is 0.690. The number of ketones is 2. The Morgan fingerprint density at radius 3 is 2.32 bits per heavy atom. The number of nitrogens with one attached hydrogen (secondary N) is 1. The summed E-state index contributed by atoms with van der Waals surface area (Å²) in [4.78, 5) is 32.1. The Kier molecular flexibility index (Phi) is 6.71. The number of halogens is 3. The van der Waals surface area contributed by atoms with E-state index >= 15 is 0 Å². The molecule has 0 radical (unpaired) electrons. The second-order valence-corrected chi connectivity index (χ2v) is 8.23. The van der Waals surface area contributed by atoms with Gasteiger partial charge in [0.2, 0.25) is 0 Å². The molecule has 3 rings (SSSR count). The molecule has 0 spiro atoms. The number of carbonyl (C=O) groups is 2. The lowest BCUT2D eigenvalue weighted by molar-refractivity contribution is -0.137. The number of piperazine rings is 1. The van der Waals surface area contributed by atoms with Gasteiger partial charge in [-0.15, -0.1) is 0 Å². The van der Waals surface area contributed by atoms with Crippen LogP contribution in [0.5, 0.6) is 0 Å². The van der Waals surface area contributed by atoms with E-state index in [1.54, 1.807) is 19.9 Å². The number of carbonyl (C=O) groups excluding carboxylic acids is 2. The molecule has 5 nitrogen and oxygen atoms in total. The fourth-order valence-electron chi connectivity index (χ4n) is 4.31. The minimum Gasteiger partial charge on any atom is -0.355 e. The summed E-state index contributed by atoms with van der Waals surface area (Å²) in [6.07, 6.45) is -4.35. The molecule has 168 valence electrons. The molecule has 1 aromatic carbocycles. The largest absolute Gasteiger partial charge is 0.416 e. The van der Waals surface area contributed by atoms with Crippen LogP contribution < -0.4 is 0 Å². The summed E-state index contributed by atoms with van der Waals surface area (Å²) >= 11 is 0. The summed E-state index contributed by atoms with van der Waals surface area (Å²) in [7, 11) is 0. The van der Waals surface area contributed by atoms with E-state index in [0.29, 0.717) is 60.8 Å². The SMILES string of the molecule is CC(=O)c1c(C)[nH]c(C(=O)C(C)N2CCN(Cc3cccc(C(F)(F)F)c3)CC2)c1C. The first-order valence-corrected chi connectivity index (χ1v) is 10.4. The lowest BCUT2D eigenvalue weighted by Gasteiger charge is -2.37. The second-order valence-electron chi connectivity index (χ2n) is 8.23. The number of hydrogen-bond acceptors (Lipinski definition) is 4. The highest BCUT2D eigenvalue weighted by molar-refractivity contribution is 6.05. The maximum Gasteiger partial charge on any atom is 0.416 e. The van der Waals surface area contributed by atoms with Crippen LogP contribution in [0.25, 0.3) is 0 Å². The maximum atomic E-state index is 13.1. The van der Waals surface area contributed by atoms with Gasteiger partial charge in [0, 0.05) is 44.0 Å². The van der Waals surface area contributed by atoms with Crippen molar-refractivity contribution in [1.29, 1.82) is 0 Å². The lowest BCUT2D eigenvalue weighted by atomic mass is 10.0. The Morgan fingerprint density at radius 1 is 1.13 bits per heavy atom. The molecule has 1 atom stereocenters. The lowest BCUT2D eigenvalue weighted by Crippen LogP contribution is -2.51. The third kappa shape index (κ3) is 5.07. The van der Waals surface area contributed by atoms with Gasteiger partial charge >= 0.3 is 6.18 Å². The van der Waals surface area contributed by atoms with Crippen LogP contribution in [0.2, 0.25) is 0 Å². The van der Waals surface area contributed by atoms with Crippen molar-refractivity contribution in [3.05, 3.63) is 57.9 Å². The van der Waals surface area contributed by atoms with E-state index in [4.69, 9.17) is 0 Å². The van der Waals surface area contributed by atoms with Crippen LogP contribution in [0, 0.1) is 13.8 Å². The molecule has 1 N–H and O–H groups in total. The van der Waals surface area contributed by atoms with Gasteiger partial charge in [-0.05, 0) is 44.9 Å². The predicted octanol–water partition coefficient (Wildman–Crippen LogP) is 4.24. The molecule has 31 heavy (non-hydrogen) atoms. The van der Waals surface area contributed by atoms with Crippen molar-refractivity contribution in [1.82, 2.24) is 14.8 Å². The molecule has 0 aliphatic carbocycles. The fourth-order valence-corrected chi connectivity index (χ4v) is 4.31. The topological polar surface area (TPSA) is 56.4 Å². The fraction of sp³-hybridized carbons (Fsp3) is 0.478. The first-order valence-electron chi connectivity index (χ1n) is 10.4. The average Bonchev–Trinajstić information content (AvgIpc) is 3.01. The summed E-state index contributed by atoms with van der Waals surface area (Å²) in [5, 5.41) is 0. The van der Waals surface area contributed by atoms with E-state index in [0.717, 1.165) is 6.07 Å². The predicted molar refractivity (Wildman–Crippen MR) is 112 cm³/mol. The standard InChI is InChI=1S/C23H28F3N3O2/c1-14-20(17(4)30)15(2)27-21(14)22(31)16(3)29-10-8-28(9-11-29)13-18-6-5-7-19(12-18)23(24,25)26/h5-7,12,16,27H,8-11,13H2,1-4H3. The van der Waals surface area contributed by atoms with Crippen molar-refractivity contribution < 1.29 is 22.8 Å². The van der Waals surface area contributed by atoms with Crippen molar-refractivity contribution in [2.24, 2.45) is 0 Å². The maximum absolute atomic E-state index is 13.1. The summed E-state index contributed by atoms with van der Waals surface area (Å²) in [5.41, 5.74) is 2.42. The molecule has 1 fully saturated rings. The van der Waals surface area contributed by atoms with Crippen LogP contribution in [-0.4, -0.2) is 58.6 Å². The van der Waals surface area contributed by atoms with Gasteiger partial charge in [0.25, 0.3) is 0 Å². The summed E-state index contributed by atoms with van der Waals surface area (Å²) in [5.74, 6) is -0.124. The summed E-state index contributed by atoms with van der Waals surface area (Å²) in [6, 6.07) is 5.06. The summed E-state index contributed by atoms with van der Waals surface area (Å²) in [6.45, 7) is 9.97. The zero-order valence-electron chi connectivity index (χ0n) is 18.3. The molecular formula is C23H28F3N3O2. The van der Waals surface area contributed by atoms with Crippen LogP contribution in [0.4, 0.5) is 13.2 Å². The van der Waals surface area contributed by atoms with E-state index in [-0.39, 0.29) is 17.6 Å². The van der Waals surface area contributed by atoms with E-state index in [2.05, 4.69) is 14.8 Å². The normalized spacial score (nSPS) is 17.0. The molecule has 0 saturated carbocycles. The average molecular weight is 435 g/mol. The van der Waals surface area contributed by atoms with Crippen LogP contribution in [-0.2, 0) is 12.7 Å². The van der Waals surface area contributed by atoms with Crippen LogP contribution in [0.3, 0.4) is 0 Å². The number of nitrogens with zero attached hydrogens (tertiary/aromatic N) is 2. The Hall–Kier alpha value is -2.45. The van der Waals surface area contributed by atoms with E-state index in [9.17, 15) is 22.8 Å². The van der Waals surface area contributed by atoms with Crippen molar-refractivity contribution in [2.75, 3.05) is 26.2 Å². The number of aromatic nitrogens is 1. The van der Waals surface area contributed by atoms with Gasteiger partial charge in [-0.25, -0.2) is 0 Å². The highest BCUT2D eigenvalue weighted by atomic mass is 19.4. The number of alkyl halides is 3. The molecule has 2 aromatic rings. The monoisotopic (exact) mass is 435 g/mol. The Balaban J connectivity index is 1.61. The van der Waals surface area contributed by atoms with Crippen LogP contribution >= 0.6 is 0 Å². The number of hydrogen-bond donors (Lipinski definition) is 1. The number of Topliss-reactive ketones (excluding diaryl/α,β-unsaturated/α-hetero) is 2. The first kappa shape index (κ1) is 23.2. The molecule has 0 amide bonds. The molecule has 1 aliphatic heterocycles. The number of benzene rings is 1. The van der Waals surface area contributed by atoms with Crippen LogP contribution in [0.1, 0.15) is 57.1 Å². The zero-order chi connectivity index (χ0) is 22.9. The molecule has 1 aliphatic rings. The number of H-pyrrole nitrogens is 1.